The number of fused-ring (bicyclic) bond motifs is 4. The van der Waals surface area contributed by atoms with Crippen molar-refractivity contribution in [1.82, 2.24) is 84.4 Å². The van der Waals surface area contributed by atoms with Gasteiger partial charge in [-0.05, 0) is 117 Å². The zero-order chi connectivity index (χ0) is 95.1. The number of aliphatic carboxylic acids is 2. The molecule has 0 unspecified atom stereocenters. The quantitative estimate of drug-likeness (QED) is 0.00961. The molecule has 47 heteroatoms. The van der Waals surface area contributed by atoms with Crippen molar-refractivity contribution >= 4 is 152 Å². The molecule has 7 rings (SSSR count). The molecule has 700 valence electrons. The number of guanidine groups is 1. The van der Waals surface area contributed by atoms with Crippen molar-refractivity contribution in [1.29, 1.82) is 5.41 Å². The molecule has 11 atom stereocenters. The minimum Gasteiger partial charge on any atom is -0.508 e. The number of hydrogen-bond acceptors (Lipinski definition) is 24. The molecule has 6 aromatic rings. The van der Waals surface area contributed by atoms with Gasteiger partial charge >= 0.3 is 11.9 Å². The van der Waals surface area contributed by atoms with Gasteiger partial charge in [-0.1, -0.05) is 60.7 Å². The molecule has 0 radical (unpaired) electrons. The molecule has 0 aliphatic carbocycles. The van der Waals surface area contributed by atoms with Gasteiger partial charge in [0.2, 0.25) is 94.5 Å². The number of nitrogens with one attached hydrogen (secondary N) is 17. The first-order chi connectivity index (χ1) is 61.9. The number of hydrogen-bond donors (Lipinski definition) is 26. The standard InChI is InChI=1S/C83H109N23O23S/c84-27-6-5-15-53(71(88)117)96-68(112)40-129-30-29-91-67(111)39-95-73(119)61(35-66(87)110)104-76(122)57(23-26-69(113)114)99-74(120)54(16-8-28-92-83(89)90)98-79(125)59(33-46-37-93-51-13-3-1-11-49(46)51)102-78(124)58(32-43-17-19-48(107)20-18-43)101-82(128)63-42-130-41-44-9-7-10-45(31-44)72(118)97-55(21-24-64(85)108)75(121)105-62(36-70(115)116)81(127)103-60(34-47-38-94-52-14-4-2-12-50(47)52)80(126)100-56(77(123)106-63)22-25-65(86)109/h1-4,7,9-14,17-20,31,37-38,53-63,93-94,107H,5-6,8,15-16,21-30,32-36,39-42,84H2,(H2,85,108)(H2,86,109)(H2,87,110)(H2,88,117)(H,91,111)(H,95,119)(H,96,112)(H,97,118)(H,98,125)(H,99,120)(H,100,126)(H,101,128)(H,102,124)(H,103,127)(H,104,122)(H,105,121)(H,106,123)(H,113,114)(H,115,116)(H4,89,90,92)/t53-,54+,55+,56+,57+,58+,59+,60+,61+,62+,63+/m1/s1. The highest BCUT2D eigenvalue weighted by Crippen LogP contribution is 2.24. The number of aromatic amines is 2. The average Bonchev–Trinajstić information content (AvgIpc) is 1.63. The SMILES string of the molecule is N=C(N)NCCC[C@H](NC(=O)[C@H](Cc1c[nH]c2ccccc12)NC(=O)[C@H](Cc1ccc(O)cc1)NC(=O)[C@@H]1CSCc2cccc(c2)C(=O)N[C@@H](CCC(N)=O)C(=O)N[C@@H](CC(=O)O)C(=O)N[C@@H](Cc2c[nH]c3ccccc23)C(=O)N[C@@H](CCC(N)=O)C(=O)N1)C(=O)N[C@@H](CCC(=O)O)C(=O)N[C@@H](CC(N)=O)C(=O)NCC(=O)NCCOCC(=O)N[C@H](CCCCN)C(N)=O. The first-order valence-corrected chi connectivity index (χ1v) is 42.5. The third-order valence-corrected chi connectivity index (χ3v) is 21.4. The topological polar surface area (TPSA) is 774 Å². The van der Waals surface area contributed by atoms with Crippen LogP contribution in [0, 0.1) is 5.41 Å². The van der Waals surface area contributed by atoms with Crippen molar-refractivity contribution in [3.05, 3.63) is 137 Å². The van der Waals surface area contributed by atoms with E-state index < -0.39 is 274 Å². The van der Waals surface area contributed by atoms with Gasteiger partial charge in [0.05, 0.1) is 26.0 Å². The molecule has 17 amide bonds. The van der Waals surface area contributed by atoms with Crippen molar-refractivity contribution in [2.45, 2.75) is 175 Å². The summed E-state index contributed by atoms with van der Waals surface area (Å²) in [6.07, 6.45) is -3.12. The Balaban J connectivity index is 1.21. The van der Waals surface area contributed by atoms with E-state index in [1.54, 1.807) is 54.6 Å². The van der Waals surface area contributed by atoms with Gasteiger partial charge in [0, 0.05) is 103 Å². The molecule has 1 aliphatic rings. The number of amides is 17. The number of rotatable bonds is 47. The number of para-hydroxylation sites is 2. The zero-order valence-corrected chi connectivity index (χ0v) is 71.4. The normalized spacial score (nSPS) is 17.0. The van der Waals surface area contributed by atoms with Gasteiger partial charge in [-0.15, -0.1) is 0 Å². The Morgan fingerprint density at radius 3 is 1.68 bits per heavy atom. The first-order valence-electron chi connectivity index (χ1n) is 41.3. The van der Waals surface area contributed by atoms with E-state index in [0.717, 1.165) is 11.8 Å². The van der Waals surface area contributed by atoms with Crippen LogP contribution in [0.25, 0.3) is 21.8 Å². The lowest BCUT2D eigenvalue weighted by Gasteiger charge is -2.28. The second-order valence-electron chi connectivity index (χ2n) is 30.4. The number of aromatic nitrogens is 2. The van der Waals surface area contributed by atoms with Gasteiger partial charge in [-0.25, -0.2) is 0 Å². The summed E-state index contributed by atoms with van der Waals surface area (Å²) < 4.78 is 5.27. The average molecular weight is 1830 g/mol. The molecule has 0 fully saturated rings. The van der Waals surface area contributed by atoms with E-state index in [-0.39, 0.29) is 61.6 Å². The summed E-state index contributed by atoms with van der Waals surface area (Å²) in [6, 6.07) is 5.42. The molecule has 2 aromatic heterocycles. The number of phenolic OH excluding ortho intramolecular Hbond substituents is 1. The molecule has 0 saturated heterocycles. The number of unbranched alkanes of at least 4 members (excludes halogenated alkanes) is 1. The Hall–Kier alpha value is -14.8. The molecule has 0 saturated carbocycles. The number of carbonyl (C=O) groups excluding carboxylic acids is 17. The highest BCUT2D eigenvalue weighted by atomic mass is 32.2. The second kappa shape index (κ2) is 51.7. The Bertz CT molecular complexity index is 5090. The van der Waals surface area contributed by atoms with E-state index in [1.807, 2.05) is 0 Å². The highest BCUT2D eigenvalue weighted by molar-refractivity contribution is 7.98. The van der Waals surface area contributed by atoms with Crippen LogP contribution in [0.1, 0.15) is 116 Å². The van der Waals surface area contributed by atoms with Gasteiger partial charge in [0.1, 0.15) is 78.8 Å². The number of nitrogens with two attached hydrogens (primary N) is 6. The number of carboxylic acid groups (broad SMARTS) is 2. The van der Waals surface area contributed by atoms with Crippen molar-refractivity contribution in [3.63, 3.8) is 0 Å². The van der Waals surface area contributed by atoms with Gasteiger partial charge in [0.15, 0.2) is 5.96 Å². The van der Waals surface area contributed by atoms with Crippen LogP contribution in [0.4, 0.5) is 0 Å². The fourth-order valence-electron chi connectivity index (χ4n) is 13.5. The minimum absolute atomic E-state index is 0.0771. The smallest absolute Gasteiger partial charge is 0.305 e. The predicted octanol–water partition coefficient (Wildman–Crippen LogP) is -5.85. The van der Waals surface area contributed by atoms with Crippen LogP contribution in [-0.4, -0.2) is 255 Å². The largest absolute Gasteiger partial charge is 0.508 e. The maximum atomic E-state index is 15.6. The first kappa shape index (κ1) is 102. The van der Waals surface area contributed by atoms with E-state index in [0.29, 0.717) is 57.9 Å². The fourth-order valence-corrected chi connectivity index (χ4v) is 14.5. The number of carbonyl (C=O) groups is 19. The summed E-state index contributed by atoms with van der Waals surface area (Å²) in [5.74, 6) is -22.3. The lowest BCUT2D eigenvalue weighted by Crippen LogP contribution is -2.61. The summed E-state index contributed by atoms with van der Waals surface area (Å²) >= 11 is 0.972. The molecule has 1 aliphatic heterocycles. The van der Waals surface area contributed by atoms with E-state index in [1.165, 1.54) is 54.9 Å². The third-order valence-electron chi connectivity index (χ3n) is 20.3. The van der Waals surface area contributed by atoms with Gasteiger partial charge in [-0.2, -0.15) is 11.8 Å². The number of phenols is 1. The number of carboxylic acids is 2. The molecule has 3 heterocycles. The highest BCUT2D eigenvalue weighted by Gasteiger charge is 2.39. The number of H-pyrrole nitrogens is 2. The van der Waals surface area contributed by atoms with E-state index in [9.17, 15) is 82.4 Å². The summed E-state index contributed by atoms with van der Waals surface area (Å²) in [5, 5.41) is 74.0. The van der Waals surface area contributed by atoms with Crippen LogP contribution >= 0.6 is 11.8 Å². The van der Waals surface area contributed by atoms with Crippen LogP contribution in [0.2, 0.25) is 0 Å². The van der Waals surface area contributed by atoms with Gasteiger partial charge in [-0.3, -0.25) is 96.5 Å². The monoisotopic (exact) mass is 1830 g/mol. The number of thioether (sulfide) groups is 1. The molecule has 0 spiro atoms. The number of aromatic hydroxyl groups is 1. The van der Waals surface area contributed by atoms with Crippen LogP contribution in [-0.2, 0) is 116 Å². The third kappa shape index (κ3) is 34.5. The van der Waals surface area contributed by atoms with Gasteiger partial charge in [0.25, 0.3) is 5.91 Å². The fraction of sp³-hybridized carbons (Fsp3) is 0.422. The maximum Gasteiger partial charge on any atom is 0.305 e. The molecular formula is C83H109N23O23S. The van der Waals surface area contributed by atoms with Crippen LogP contribution in [0.15, 0.2) is 109 Å². The summed E-state index contributed by atoms with van der Waals surface area (Å²) in [7, 11) is 0. The number of benzene rings is 4. The second-order valence-corrected chi connectivity index (χ2v) is 31.4. The Morgan fingerprint density at radius 2 is 1.06 bits per heavy atom. The van der Waals surface area contributed by atoms with Crippen molar-refractivity contribution in [2.75, 3.05) is 45.1 Å². The van der Waals surface area contributed by atoms with Crippen molar-refractivity contribution in [3.8, 4) is 5.75 Å². The summed E-state index contributed by atoms with van der Waals surface area (Å²) in [6.45, 7) is -1.52. The molecule has 2 bridgehead atoms. The summed E-state index contributed by atoms with van der Waals surface area (Å²) in [4.78, 5) is 268. The van der Waals surface area contributed by atoms with Crippen LogP contribution < -0.4 is 109 Å². The molecule has 4 aromatic carbocycles. The molecule has 46 nitrogen and oxygen atoms in total. The molecule has 32 N–H and O–H groups in total. The lowest BCUT2D eigenvalue weighted by atomic mass is 10.0. The van der Waals surface area contributed by atoms with Crippen LogP contribution in [0.3, 0.4) is 0 Å². The number of primary amides is 4. The predicted molar refractivity (Wildman–Crippen MR) is 467 cm³/mol. The van der Waals surface area contributed by atoms with Crippen molar-refractivity contribution < 1.29 is 111 Å². The van der Waals surface area contributed by atoms with Crippen molar-refractivity contribution in [2.24, 2.45) is 34.4 Å². The Morgan fingerprint density at radius 1 is 0.508 bits per heavy atom. The van der Waals surface area contributed by atoms with Gasteiger partial charge < -0.3 is 139 Å². The zero-order valence-electron chi connectivity index (χ0n) is 70.6. The molecule has 130 heavy (non-hydrogen) atoms. The van der Waals surface area contributed by atoms with E-state index in [4.69, 9.17) is 44.5 Å². The molecular weight excluding hydrogens is 1720 g/mol. The van der Waals surface area contributed by atoms with E-state index in [2.05, 4.69) is 84.4 Å². The Labute approximate surface area is 747 Å². The van der Waals surface area contributed by atoms with E-state index >= 15 is 24.0 Å². The minimum atomic E-state index is -2.00. The summed E-state index contributed by atoms with van der Waals surface area (Å²) in [5.41, 5.74) is 35.5. The maximum absolute atomic E-state index is 15.6. The Kier molecular flexibility index (Phi) is 40.7. The number of ether oxygens (including phenoxy) is 1. The lowest BCUT2D eigenvalue weighted by molar-refractivity contribution is -0.141. The van der Waals surface area contributed by atoms with Crippen LogP contribution in [0.5, 0.6) is 5.75 Å².